The fourth-order valence-electron chi connectivity index (χ4n) is 2.01. The summed E-state index contributed by atoms with van der Waals surface area (Å²) in [5, 5.41) is 26.9. The van der Waals surface area contributed by atoms with Crippen LogP contribution in [-0.4, -0.2) is 48.3 Å². The molecule has 1 saturated carbocycles. The topological polar surface area (TPSA) is 109 Å². The molecule has 0 amide bonds. The number of aliphatic hydroxyl groups is 1. The lowest BCUT2D eigenvalue weighted by Crippen LogP contribution is -2.39. The number of nitrogens with zero attached hydrogens (tertiary/aromatic N) is 2. The number of aliphatic hydroxyl groups excluding tert-OH is 1. The number of rotatable bonds is 9. The highest BCUT2D eigenvalue weighted by atomic mass is 127. The number of hydrogen-bond donors (Lipinski definition) is 3. The molecule has 0 radical (unpaired) electrons. The summed E-state index contributed by atoms with van der Waals surface area (Å²) in [7, 11) is 0. The summed E-state index contributed by atoms with van der Waals surface area (Å²) in [4.78, 5) is 14.4. The van der Waals surface area contributed by atoms with Crippen LogP contribution in [-0.2, 0) is 0 Å². The number of aliphatic imine (C=N–C) groups is 1. The molecule has 3 N–H and O–H groups in total. The third-order valence-electron chi connectivity index (χ3n) is 3.55. The van der Waals surface area contributed by atoms with E-state index in [0.29, 0.717) is 11.7 Å². The van der Waals surface area contributed by atoms with E-state index >= 15 is 0 Å². The quantitative estimate of drug-likeness (QED) is 0.169. The Kier molecular flexibility index (Phi) is 9.50. The van der Waals surface area contributed by atoms with Crippen LogP contribution >= 0.6 is 24.0 Å². The molecule has 1 atom stereocenters. The molecule has 0 spiro atoms. The number of nitro benzene ring substituents is 1. The summed E-state index contributed by atoms with van der Waals surface area (Å²) in [6.45, 7) is 3.94. The van der Waals surface area contributed by atoms with Crippen molar-refractivity contribution >= 4 is 35.6 Å². The van der Waals surface area contributed by atoms with Gasteiger partial charge in [-0.1, -0.05) is 0 Å². The molecule has 1 aromatic rings. The van der Waals surface area contributed by atoms with Crippen LogP contribution in [0.15, 0.2) is 29.3 Å². The van der Waals surface area contributed by atoms with Crippen LogP contribution in [0.4, 0.5) is 5.69 Å². The first-order valence-corrected chi connectivity index (χ1v) is 8.16. The van der Waals surface area contributed by atoms with E-state index in [4.69, 9.17) is 4.74 Å². The maximum absolute atomic E-state index is 10.6. The van der Waals surface area contributed by atoms with Gasteiger partial charge in [0, 0.05) is 25.2 Å². The van der Waals surface area contributed by atoms with Crippen molar-refractivity contribution in [2.75, 3.05) is 26.2 Å². The van der Waals surface area contributed by atoms with E-state index in [9.17, 15) is 15.2 Å². The van der Waals surface area contributed by atoms with Crippen molar-refractivity contribution in [2.24, 2.45) is 10.9 Å². The predicted octanol–water partition coefficient (Wildman–Crippen LogP) is 1.92. The molecule has 25 heavy (non-hydrogen) atoms. The molecule has 8 nitrogen and oxygen atoms in total. The van der Waals surface area contributed by atoms with Gasteiger partial charge >= 0.3 is 0 Å². The number of hydrogen-bond acceptors (Lipinski definition) is 5. The van der Waals surface area contributed by atoms with Crippen molar-refractivity contribution in [2.45, 2.75) is 25.9 Å². The normalized spacial score (nSPS) is 15.0. The molecule has 0 saturated heterocycles. The number of benzene rings is 1. The van der Waals surface area contributed by atoms with Crippen LogP contribution in [0.3, 0.4) is 0 Å². The van der Waals surface area contributed by atoms with E-state index in [1.807, 2.05) is 6.92 Å². The number of nitrogens with one attached hydrogen (secondary N) is 2. The van der Waals surface area contributed by atoms with Crippen molar-refractivity contribution in [3.8, 4) is 5.75 Å². The average molecular weight is 464 g/mol. The van der Waals surface area contributed by atoms with Gasteiger partial charge in [0.05, 0.1) is 11.5 Å². The summed E-state index contributed by atoms with van der Waals surface area (Å²) in [6, 6.07) is 5.75. The Labute approximate surface area is 164 Å². The second kappa shape index (κ2) is 11.1. The molecule has 9 heteroatoms. The molecule has 0 aromatic heterocycles. The van der Waals surface area contributed by atoms with Crippen molar-refractivity contribution in [1.82, 2.24) is 10.6 Å². The molecule has 0 bridgehead atoms. The zero-order valence-corrected chi connectivity index (χ0v) is 16.5. The summed E-state index contributed by atoms with van der Waals surface area (Å²) < 4.78 is 5.42. The zero-order chi connectivity index (χ0) is 17.4. The highest BCUT2D eigenvalue weighted by Crippen LogP contribution is 2.27. The molecular weight excluding hydrogens is 439 g/mol. The number of ether oxygens (including phenoxy) is 1. The maximum Gasteiger partial charge on any atom is 0.269 e. The Morgan fingerprint density at radius 1 is 1.40 bits per heavy atom. The minimum absolute atomic E-state index is 0. The third kappa shape index (κ3) is 8.34. The summed E-state index contributed by atoms with van der Waals surface area (Å²) in [5.74, 6) is 1.91. The molecule has 2 rings (SSSR count). The molecule has 1 fully saturated rings. The lowest BCUT2D eigenvalue weighted by molar-refractivity contribution is -0.384. The highest BCUT2D eigenvalue weighted by molar-refractivity contribution is 14.0. The maximum atomic E-state index is 10.6. The fraction of sp³-hybridized carbons (Fsp3) is 0.562. The minimum Gasteiger partial charge on any atom is -0.491 e. The summed E-state index contributed by atoms with van der Waals surface area (Å²) >= 11 is 0. The molecule has 140 valence electrons. The number of guanidine groups is 1. The molecule has 0 heterocycles. The van der Waals surface area contributed by atoms with Gasteiger partial charge in [-0.2, -0.15) is 0 Å². The standard InChI is InChI=1S/C16H24N4O4.HI/c1-2-17-16(18-9-12-3-4-12)19-10-14(21)11-24-15-7-5-13(6-8-15)20(22)23;/h5-8,12,14,21H,2-4,9-11H2,1H3,(H2,17,18,19);1H. The van der Waals surface area contributed by atoms with Crippen molar-refractivity contribution in [1.29, 1.82) is 0 Å². The molecule has 1 aliphatic carbocycles. The van der Waals surface area contributed by atoms with Crippen molar-refractivity contribution < 1.29 is 14.8 Å². The average Bonchev–Trinajstić information content (AvgIpc) is 3.40. The van der Waals surface area contributed by atoms with Gasteiger partial charge in [0.1, 0.15) is 18.5 Å². The van der Waals surface area contributed by atoms with Gasteiger partial charge in [-0.05, 0) is 37.8 Å². The molecule has 1 unspecified atom stereocenters. The van der Waals surface area contributed by atoms with E-state index in [2.05, 4.69) is 15.6 Å². The minimum atomic E-state index is -0.753. The van der Waals surface area contributed by atoms with Gasteiger partial charge in [0.15, 0.2) is 5.96 Å². The predicted molar refractivity (Wildman–Crippen MR) is 107 cm³/mol. The van der Waals surface area contributed by atoms with Crippen LogP contribution in [0.25, 0.3) is 0 Å². The SMILES string of the molecule is CCNC(=NCC(O)COc1ccc([N+](=O)[O-])cc1)NCC1CC1.I. The summed E-state index contributed by atoms with van der Waals surface area (Å²) in [6.07, 6.45) is 1.77. The monoisotopic (exact) mass is 464 g/mol. The van der Waals surface area contributed by atoms with Gasteiger partial charge in [0.2, 0.25) is 0 Å². The highest BCUT2D eigenvalue weighted by Gasteiger charge is 2.21. The van der Waals surface area contributed by atoms with E-state index in [0.717, 1.165) is 19.0 Å². The third-order valence-corrected chi connectivity index (χ3v) is 3.55. The Bertz CT molecular complexity index is 564. The second-order valence-corrected chi connectivity index (χ2v) is 5.76. The number of halogens is 1. The first-order valence-electron chi connectivity index (χ1n) is 8.16. The van der Waals surface area contributed by atoms with Crippen LogP contribution < -0.4 is 15.4 Å². The Balaban J connectivity index is 0.00000312. The summed E-state index contributed by atoms with van der Waals surface area (Å²) in [5.41, 5.74) is 0.00418. The van der Waals surface area contributed by atoms with Gasteiger partial charge in [0.25, 0.3) is 5.69 Å². The first-order chi connectivity index (χ1) is 11.6. The zero-order valence-electron chi connectivity index (χ0n) is 14.2. The Morgan fingerprint density at radius 2 is 2.08 bits per heavy atom. The molecule has 1 aromatic carbocycles. The second-order valence-electron chi connectivity index (χ2n) is 5.76. The lowest BCUT2D eigenvalue weighted by Gasteiger charge is -2.13. The van der Waals surface area contributed by atoms with Gasteiger partial charge in [-0.15, -0.1) is 24.0 Å². The largest absolute Gasteiger partial charge is 0.491 e. The molecular formula is C16H25IN4O4. The number of non-ortho nitro benzene ring substituents is 1. The van der Waals surface area contributed by atoms with Gasteiger partial charge in [-0.25, -0.2) is 0 Å². The van der Waals surface area contributed by atoms with E-state index in [-0.39, 0.29) is 42.8 Å². The number of nitro groups is 1. The van der Waals surface area contributed by atoms with Crippen LogP contribution in [0.2, 0.25) is 0 Å². The van der Waals surface area contributed by atoms with Crippen molar-refractivity contribution in [3.05, 3.63) is 34.4 Å². The first kappa shape index (κ1) is 21.4. The Hall–Kier alpha value is -1.62. The van der Waals surface area contributed by atoms with E-state index < -0.39 is 11.0 Å². The van der Waals surface area contributed by atoms with Gasteiger partial charge < -0.3 is 20.5 Å². The van der Waals surface area contributed by atoms with Crippen LogP contribution in [0.5, 0.6) is 5.75 Å². The smallest absolute Gasteiger partial charge is 0.269 e. The fourth-order valence-corrected chi connectivity index (χ4v) is 2.01. The molecule has 0 aliphatic heterocycles. The van der Waals surface area contributed by atoms with Crippen LogP contribution in [0, 0.1) is 16.0 Å². The Morgan fingerprint density at radius 3 is 2.64 bits per heavy atom. The van der Waals surface area contributed by atoms with Crippen LogP contribution in [0.1, 0.15) is 19.8 Å². The van der Waals surface area contributed by atoms with E-state index in [1.54, 1.807) is 0 Å². The lowest BCUT2D eigenvalue weighted by atomic mass is 10.3. The van der Waals surface area contributed by atoms with Crippen molar-refractivity contribution in [3.63, 3.8) is 0 Å². The van der Waals surface area contributed by atoms with E-state index in [1.165, 1.54) is 37.1 Å². The molecule has 1 aliphatic rings. The van der Waals surface area contributed by atoms with Gasteiger partial charge in [-0.3, -0.25) is 15.1 Å².